The molecule has 0 saturated carbocycles. The topological polar surface area (TPSA) is 59.8 Å². The van der Waals surface area contributed by atoms with Crippen LogP contribution in [0.4, 0.5) is 5.69 Å². The Morgan fingerprint density at radius 2 is 2.10 bits per heavy atom. The van der Waals surface area contributed by atoms with Crippen LogP contribution in [0, 0.1) is 0 Å². The highest BCUT2D eigenvalue weighted by atomic mass is 35.5. The SMILES string of the molecule is O=C(Nc1cccnc1Cl)c1csc(-n2cccc2)n1. The molecule has 20 heavy (non-hydrogen) atoms. The van der Waals surface area contributed by atoms with E-state index < -0.39 is 0 Å². The Kier molecular flexibility index (Phi) is 3.49. The molecule has 0 saturated heterocycles. The van der Waals surface area contributed by atoms with Crippen molar-refractivity contribution in [3.63, 3.8) is 0 Å². The van der Waals surface area contributed by atoms with Gasteiger partial charge in [0, 0.05) is 24.0 Å². The van der Waals surface area contributed by atoms with Crippen LogP contribution in [-0.4, -0.2) is 20.4 Å². The van der Waals surface area contributed by atoms with Crippen LogP contribution < -0.4 is 5.32 Å². The molecular formula is C13H9ClN4OS. The third-order valence-corrected chi connectivity index (χ3v) is 3.71. The molecule has 5 nitrogen and oxygen atoms in total. The van der Waals surface area contributed by atoms with Gasteiger partial charge in [0.25, 0.3) is 5.91 Å². The number of aromatic nitrogens is 3. The molecule has 3 rings (SSSR count). The summed E-state index contributed by atoms with van der Waals surface area (Å²) in [7, 11) is 0. The summed E-state index contributed by atoms with van der Waals surface area (Å²) < 4.78 is 1.85. The van der Waals surface area contributed by atoms with Crippen LogP contribution >= 0.6 is 22.9 Å². The highest BCUT2D eigenvalue weighted by Gasteiger charge is 2.13. The Balaban J connectivity index is 1.80. The van der Waals surface area contributed by atoms with Gasteiger partial charge in [-0.2, -0.15) is 0 Å². The molecule has 0 radical (unpaired) electrons. The molecule has 7 heteroatoms. The lowest BCUT2D eigenvalue weighted by Gasteiger charge is -2.03. The summed E-state index contributed by atoms with van der Waals surface area (Å²) in [5.41, 5.74) is 0.813. The van der Waals surface area contributed by atoms with Crippen LogP contribution in [0.25, 0.3) is 5.13 Å². The minimum atomic E-state index is -0.311. The fraction of sp³-hybridized carbons (Fsp3) is 0. The zero-order chi connectivity index (χ0) is 13.9. The van der Waals surface area contributed by atoms with Crippen molar-refractivity contribution in [2.45, 2.75) is 0 Å². The van der Waals surface area contributed by atoms with Gasteiger partial charge >= 0.3 is 0 Å². The van der Waals surface area contributed by atoms with Crippen LogP contribution in [0.5, 0.6) is 0 Å². The highest BCUT2D eigenvalue weighted by molar-refractivity contribution is 7.12. The first kappa shape index (κ1) is 12.8. The van der Waals surface area contributed by atoms with E-state index in [2.05, 4.69) is 15.3 Å². The van der Waals surface area contributed by atoms with Crippen molar-refractivity contribution in [2.24, 2.45) is 0 Å². The van der Waals surface area contributed by atoms with E-state index in [0.717, 1.165) is 5.13 Å². The van der Waals surface area contributed by atoms with E-state index in [0.29, 0.717) is 11.4 Å². The number of amides is 1. The summed E-state index contributed by atoms with van der Waals surface area (Å²) in [5.74, 6) is -0.311. The standard InChI is InChI=1S/C13H9ClN4OS/c14-11-9(4-3-5-15-11)16-12(19)10-8-20-13(17-10)18-6-1-2-7-18/h1-8H,(H,16,19). The lowest BCUT2D eigenvalue weighted by molar-refractivity contribution is 0.102. The van der Waals surface area contributed by atoms with Crippen LogP contribution in [-0.2, 0) is 0 Å². The number of carbonyl (C=O) groups excluding carboxylic acids is 1. The molecule has 0 bridgehead atoms. The number of nitrogens with zero attached hydrogens (tertiary/aromatic N) is 3. The number of carbonyl (C=O) groups is 1. The summed E-state index contributed by atoms with van der Waals surface area (Å²) in [6.07, 6.45) is 5.31. The second-order valence-corrected chi connectivity index (χ2v) is 5.10. The van der Waals surface area contributed by atoms with E-state index in [9.17, 15) is 4.79 Å². The van der Waals surface area contributed by atoms with Crippen LogP contribution in [0.3, 0.4) is 0 Å². The van der Waals surface area contributed by atoms with Crippen molar-refractivity contribution < 1.29 is 4.79 Å². The van der Waals surface area contributed by atoms with Gasteiger partial charge in [0.1, 0.15) is 5.69 Å². The Hall–Kier alpha value is -2.18. The van der Waals surface area contributed by atoms with E-state index in [1.54, 1.807) is 23.7 Å². The second kappa shape index (κ2) is 5.44. The number of rotatable bonds is 3. The number of anilines is 1. The largest absolute Gasteiger partial charge is 0.318 e. The maximum absolute atomic E-state index is 12.1. The van der Waals surface area contributed by atoms with Crippen LogP contribution in [0.15, 0.2) is 48.2 Å². The second-order valence-electron chi connectivity index (χ2n) is 3.90. The molecule has 0 aliphatic rings. The van der Waals surface area contributed by atoms with E-state index in [-0.39, 0.29) is 11.1 Å². The average Bonchev–Trinajstić information content (AvgIpc) is 3.11. The normalized spacial score (nSPS) is 10.4. The Bertz CT molecular complexity index is 738. The summed E-state index contributed by atoms with van der Waals surface area (Å²) in [6.45, 7) is 0. The van der Waals surface area contributed by atoms with Gasteiger partial charge in [-0.3, -0.25) is 4.79 Å². The lowest BCUT2D eigenvalue weighted by Crippen LogP contribution is -2.13. The Labute approximate surface area is 123 Å². The predicted molar refractivity (Wildman–Crippen MR) is 78.6 cm³/mol. The molecule has 3 aromatic rings. The lowest BCUT2D eigenvalue weighted by atomic mass is 10.4. The molecule has 0 atom stereocenters. The molecule has 0 fully saturated rings. The molecular weight excluding hydrogens is 296 g/mol. The molecule has 3 aromatic heterocycles. The van der Waals surface area contributed by atoms with Gasteiger partial charge in [0.15, 0.2) is 10.3 Å². The summed E-state index contributed by atoms with van der Waals surface area (Å²) in [6, 6.07) is 7.19. The van der Waals surface area contributed by atoms with Gasteiger partial charge in [0.05, 0.1) is 5.69 Å². The van der Waals surface area contributed by atoms with E-state index in [1.807, 2.05) is 29.1 Å². The Morgan fingerprint density at radius 1 is 1.30 bits per heavy atom. The number of nitrogens with one attached hydrogen (secondary N) is 1. The predicted octanol–water partition coefficient (Wildman–Crippen LogP) is 3.23. The number of hydrogen-bond acceptors (Lipinski definition) is 4. The molecule has 100 valence electrons. The van der Waals surface area contributed by atoms with E-state index in [1.165, 1.54) is 11.3 Å². The average molecular weight is 305 g/mol. The smallest absolute Gasteiger partial charge is 0.275 e. The number of halogens is 1. The van der Waals surface area contributed by atoms with Gasteiger partial charge in [-0.15, -0.1) is 11.3 Å². The number of thiazole rings is 1. The first-order chi connectivity index (χ1) is 9.74. The van der Waals surface area contributed by atoms with Crippen molar-refractivity contribution in [1.29, 1.82) is 0 Å². The van der Waals surface area contributed by atoms with Crippen molar-refractivity contribution in [1.82, 2.24) is 14.5 Å². The summed E-state index contributed by atoms with van der Waals surface area (Å²) >= 11 is 7.29. The van der Waals surface area contributed by atoms with Crippen molar-refractivity contribution in [3.8, 4) is 5.13 Å². The van der Waals surface area contributed by atoms with Crippen LogP contribution in [0.1, 0.15) is 10.5 Å². The molecule has 0 aliphatic heterocycles. The van der Waals surface area contributed by atoms with Crippen LogP contribution in [0.2, 0.25) is 5.15 Å². The minimum Gasteiger partial charge on any atom is -0.318 e. The van der Waals surface area contributed by atoms with Crippen molar-refractivity contribution in [2.75, 3.05) is 5.32 Å². The van der Waals surface area contributed by atoms with Gasteiger partial charge in [-0.1, -0.05) is 11.6 Å². The molecule has 0 spiro atoms. The fourth-order valence-electron chi connectivity index (χ4n) is 1.61. The molecule has 0 aliphatic carbocycles. The third-order valence-electron chi connectivity index (χ3n) is 2.56. The van der Waals surface area contributed by atoms with E-state index >= 15 is 0 Å². The van der Waals surface area contributed by atoms with Gasteiger partial charge in [0.2, 0.25) is 0 Å². The summed E-state index contributed by atoms with van der Waals surface area (Å²) in [4.78, 5) is 20.3. The zero-order valence-electron chi connectivity index (χ0n) is 10.2. The Morgan fingerprint density at radius 3 is 2.85 bits per heavy atom. The number of pyridine rings is 1. The minimum absolute atomic E-state index is 0.252. The van der Waals surface area contributed by atoms with Gasteiger partial charge in [-0.05, 0) is 24.3 Å². The quantitative estimate of drug-likeness (QED) is 0.756. The third kappa shape index (κ3) is 2.56. The van der Waals surface area contributed by atoms with Gasteiger partial charge < -0.3 is 9.88 Å². The molecule has 0 unspecified atom stereocenters. The van der Waals surface area contributed by atoms with Gasteiger partial charge in [-0.25, -0.2) is 9.97 Å². The molecule has 0 aromatic carbocycles. The first-order valence-corrected chi connectivity index (χ1v) is 7.00. The zero-order valence-corrected chi connectivity index (χ0v) is 11.7. The van der Waals surface area contributed by atoms with E-state index in [4.69, 9.17) is 11.6 Å². The molecule has 3 heterocycles. The highest BCUT2D eigenvalue weighted by Crippen LogP contribution is 2.20. The van der Waals surface area contributed by atoms with Crippen molar-refractivity contribution >= 4 is 34.5 Å². The first-order valence-electron chi connectivity index (χ1n) is 5.75. The van der Waals surface area contributed by atoms with Crippen molar-refractivity contribution in [3.05, 3.63) is 59.1 Å². The monoisotopic (exact) mass is 304 g/mol. The molecule has 1 N–H and O–H groups in total. The number of hydrogen-bond donors (Lipinski definition) is 1. The fourth-order valence-corrected chi connectivity index (χ4v) is 2.55. The maximum Gasteiger partial charge on any atom is 0.275 e. The maximum atomic E-state index is 12.1. The summed E-state index contributed by atoms with van der Waals surface area (Å²) in [5, 5.41) is 5.38. The molecule has 1 amide bonds.